The van der Waals surface area contributed by atoms with E-state index in [-0.39, 0.29) is 21.5 Å². The predicted molar refractivity (Wildman–Crippen MR) is 106 cm³/mol. The fraction of sp³-hybridized carbons (Fsp3) is 0.0625. The van der Waals surface area contributed by atoms with Crippen LogP contribution in [0.3, 0.4) is 0 Å². The van der Waals surface area contributed by atoms with Crippen molar-refractivity contribution in [2.24, 2.45) is 0 Å². The quantitative estimate of drug-likeness (QED) is 0.258. The maximum atomic E-state index is 11.4. The van der Waals surface area contributed by atoms with Gasteiger partial charge in [-0.2, -0.15) is 9.97 Å². The summed E-state index contributed by atoms with van der Waals surface area (Å²) in [5.41, 5.74) is 0. The van der Waals surface area contributed by atoms with Crippen LogP contribution in [0.4, 0.5) is 0 Å². The first-order valence-corrected chi connectivity index (χ1v) is 8.95. The molecule has 164 valence electrons. The fourth-order valence-electron chi connectivity index (χ4n) is 2.30. The van der Waals surface area contributed by atoms with Gasteiger partial charge >= 0.3 is 23.6 Å². The van der Waals surface area contributed by atoms with Crippen molar-refractivity contribution in [3.63, 3.8) is 0 Å². The highest BCUT2D eigenvalue weighted by molar-refractivity contribution is 6.31. The maximum Gasteiger partial charge on any atom is 0.763 e. The molecule has 0 aliphatic rings. The van der Waals surface area contributed by atoms with Crippen molar-refractivity contribution in [2.45, 2.75) is 5.79 Å². The molecule has 0 fully saturated rings. The monoisotopic (exact) mass is 482 g/mol. The highest BCUT2D eigenvalue weighted by atomic mass is 35.5. The molecule has 2 aromatic carbocycles. The van der Waals surface area contributed by atoms with Crippen molar-refractivity contribution in [3.05, 3.63) is 94.7 Å². The lowest BCUT2D eigenvalue weighted by Crippen LogP contribution is -2.51. The van der Waals surface area contributed by atoms with E-state index < -0.39 is 38.4 Å². The lowest BCUT2D eigenvalue weighted by atomic mass is 10.3. The number of hydrogen-bond acceptors (Lipinski definition) is 11. The van der Waals surface area contributed by atoms with Gasteiger partial charge in [-0.25, -0.2) is 0 Å². The molecule has 16 heteroatoms. The van der Waals surface area contributed by atoms with Crippen LogP contribution < -0.4 is 9.47 Å². The molecule has 1 aromatic heterocycles. The molecule has 0 radical (unpaired) electrons. The molecule has 3 rings (SSSR count). The summed E-state index contributed by atoms with van der Waals surface area (Å²) in [5.74, 6) is -5.56. The van der Waals surface area contributed by atoms with Crippen LogP contribution in [0.2, 0.25) is 10.0 Å². The number of ether oxygens (including phenoxy) is 2. The molecule has 0 bridgehead atoms. The SMILES string of the molecule is O=[N+]([O-])C(c1nc(Oc2cccc(Cl)c2)nc(Oc2cccc(Cl)c2)n1)([N+](=O)[O-])[N+](=O)[O-]. The summed E-state index contributed by atoms with van der Waals surface area (Å²) in [4.78, 5) is 39.7. The molecular weight excluding hydrogens is 475 g/mol. The minimum atomic E-state index is -4.15. The predicted octanol–water partition coefficient (Wildman–Crippen LogP) is 3.70. The van der Waals surface area contributed by atoms with E-state index in [1.807, 2.05) is 0 Å². The number of hydrogen-bond donors (Lipinski definition) is 0. The summed E-state index contributed by atoms with van der Waals surface area (Å²) in [6.45, 7) is 0. The Hall–Kier alpha value is -4.17. The van der Waals surface area contributed by atoms with Crippen LogP contribution in [0.5, 0.6) is 23.5 Å². The third kappa shape index (κ3) is 4.45. The minimum absolute atomic E-state index is 0.0252. The normalized spacial score (nSPS) is 10.9. The Bertz CT molecular complexity index is 1120. The average molecular weight is 483 g/mol. The minimum Gasteiger partial charge on any atom is -0.424 e. The zero-order chi connectivity index (χ0) is 23.5. The number of nitrogens with zero attached hydrogens (tertiary/aromatic N) is 6. The smallest absolute Gasteiger partial charge is 0.424 e. The van der Waals surface area contributed by atoms with Crippen molar-refractivity contribution in [2.75, 3.05) is 0 Å². The summed E-state index contributed by atoms with van der Waals surface area (Å²) < 4.78 is 10.6. The Morgan fingerprint density at radius 1 is 0.719 bits per heavy atom. The summed E-state index contributed by atoms with van der Waals surface area (Å²) in [5, 5.41) is 34.8. The molecule has 3 aromatic rings. The van der Waals surface area contributed by atoms with E-state index in [4.69, 9.17) is 32.7 Å². The fourth-order valence-corrected chi connectivity index (χ4v) is 2.66. The standard InChI is InChI=1S/C16H8Cl2N6O8/c17-9-3-1-5-11(7-9)31-14-19-13(16(22(25)26,23(27)28)24(29)30)20-15(21-14)32-12-6-2-4-10(18)8-12/h1-8H. The van der Waals surface area contributed by atoms with Crippen LogP contribution in [0.25, 0.3) is 0 Å². The zero-order valence-electron chi connectivity index (χ0n) is 15.3. The first kappa shape index (κ1) is 22.5. The van der Waals surface area contributed by atoms with Gasteiger partial charge in [0.1, 0.15) is 11.5 Å². The first-order valence-electron chi connectivity index (χ1n) is 8.20. The van der Waals surface area contributed by atoms with Crippen LogP contribution in [-0.2, 0) is 5.79 Å². The van der Waals surface area contributed by atoms with Crippen molar-refractivity contribution in [3.8, 4) is 23.5 Å². The Morgan fingerprint density at radius 2 is 1.12 bits per heavy atom. The molecule has 0 saturated carbocycles. The molecule has 0 amide bonds. The third-order valence-electron chi connectivity index (χ3n) is 3.67. The van der Waals surface area contributed by atoms with Gasteiger partial charge in [-0.1, -0.05) is 35.3 Å². The summed E-state index contributed by atoms with van der Waals surface area (Å²) in [6.07, 6.45) is 0. The highest BCUT2D eigenvalue weighted by Crippen LogP contribution is 2.30. The molecule has 0 saturated heterocycles. The van der Waals surface area contributed by atoms with E-state index in [0.717, 1.165) is 0 Å². The van der Waals surface area contributed by atoms with E-state index in [1.165, 1.54) is 48.5 Å². The van der Waals surface area contributed by atoms with Crippen LogP contribution in [0.1, 0.15) is 5.82 Å². The van der Waals surface area contributed by atoms with Crippen molar-refractivity contribution in [1.82, 2.24) is 15.0 Å². The zero-order valence-corrected chi connectivity index (χ0v) is 16.8. The van der Waals surface area contributed by atoms with Gasteiger partial charge in [-0.15, -0.1) is 4.98 Å². The van der Waals surface area contributed by atoms with Crippen LogP contribution in [0.15, 0.2) is 48.5 Å². The van der Waals surface area contributed by atoms with Crippen LogP contribution >= 0.6 is 23.2 Å². The Labute approximate surface area is 186 Å². The van der Waals surface area contributed by atoms with E-state index in [1.54, 1.807) is 0 Å². The summed E-state index contributed by atoms with van der Waals surface area (Å²) in [7, 11) is 0. The van der Waals surface area contributed by atoms with E-state index in [2.05, 4.69) is 15.0 Å². The van der Waals surface area contributed by atoms with Crippen molar-refractivity contribution < 1.29 is 24.2 Å². The van der Waals surface area contributed by atoms with Gasteiger partial charge in [0.25, 0.3) is 0 Å². The van der Waals surface area contributed by atoms with Gasteiger partial charge in [0.15, 0.2) is 14.8 Å². The third-order valence-corrected chi connectivity index (χ3v) is 4.14. The number of aromatic nitrogens is 3. The lowest BCUT2D eigenvalue weighted by Gasteiger charge is -2.11. The molecule has 0 aliphatic carbocycles. The number of benzene rings is 2. The maximum absolute atomic E-state index is 11.4. The second-order valence-electron chi connectivity index (χ2n) is 5.75. The summed E-state index contributed by atoms with van der Waals surface area (Å²) >= 11 is 11.7. The van der Waals surface area contributed by atoms with Gasteiger partial charge < -0.3 is 9.47 Å². The van der Waals surface area contributed by atoms with Gasteiger partial charge in [0, 0.05) is 10.0 Å². The van der Waals surface area contributed by atoms with Crippen molar-refractivity contribution in [1.29, 1.82) is 0 Å². The van der Waals surface area contributed by atoms with Gasteiger partial charge in [0.05, 0.1) is 0 Å². The second kappa shape index (κ2) is 8.91. The molecule has 0 atom stereocenters. The van der Waals surface area contributed by atoms with Crippen LogP contribution in [-0.4, -0.2) is 29.7 Å². The van der Waals surface area contributed by atoms with E-state index >= 15 is 0 Å². The topological polar surface area (TPSA) is 187 Å². The van der Waals surface area contributed by atoms with Gasteiger partial charge in [0.2, 0.25) is 0 Å². The van der Waals surface area contributed by atoms with Crippen LogP contribution in [0, 0.1) is 30.3 Å². The number of halogens is 2. The van der Waals surface area contributed by atoms with Gasteiger partial charge in [-0.05, 0) is 36.4 Å². The molecule has 1 heterocycles. The van der Waals surface area contributed by atoms with Gasteiger partial charge in [-0.3, -0.25) is 30.3 Å². The van der Waals surface area contributed by atoms with Crippen molar-refractivity contribution >= 4 is 23.2 Å². The number of nitro groups is 3. The molecule has 0 N–H and O–H groups in total. The summed E-state index contributed by atoms with van der Waals surface area (Å²) in [6, 6.07) is 9.89. The lowest BCUT2D eigenvalue weighted by molar-refractivity contribution is -0.987. The largest absolute Gasteiger partial charge is 0.763 e. The average Bonchev–Trinajstić information content (AvgIpc) is 2.67. The Kier molecular flexibility index (Phi) is 6.27. The molecule has 0 spiro atoms. The number of rotatable bonds is 8. The Morgan fingerprint density at radius 3 is 1.47 bits per heavy atom. The molecular formula is C16H8Cl2N6O8. The van der Waals surface area contributed by atoms with E-state index in [9.17, 15) is 30.3 Å². The molecule has 0 unspecified atom stereocenters. The second-order valence-corrected chi connectivity index (χ2v) is 6.62. The molecule has 32 heavy (non-hydrogen) atoms. The molecule has 0 aliphatic heterocycles. The Balaban J connectivity index is 2.18. The molecule has 14 nitrogen and oxygen atoms in total. The first-order chi connectivity index (χ1) is 15.1. The van der Waals surface area contributed by atoms with E-state index in [0.29, 0.717) is 0 Å². The highest BCUT2D eigenvalue weighted by Gasteiger charge is 2.76.